The van der Waals surface area contributed by atoms with E-state index in [1.165, 1.54) is 12.8 Å². The minimum Gasteiger partial charge on any atom is -0.491 e. The van der Waals surface area contributed by atoms with Gasteiger partial charge in [-0.2, -0.15) is 0 Å². The van der Waals surface area contributed by atoms with Crippen LogP contribution < -0.4 is 18.9 Å². The molecule has 0 heterocycles. The minimum absolute atomic E-state index is 0.00333. The van der Waals surface area contributed by atoms with Gasteiger partial charge in [0.2, 0.25) is 0 Å². The van der Waals surface area contributed by atoms with E-state index in [-0.39, 0.29) is 52.9 Å². The van der Waals surface area contributed by atoms with Gasteiger partial charge in [0.1, 0.15) is 61.6 Å². The zero-order chi connectivity index (χ0) is 44.2. The summed E-state index contributed by atoms with van der Waals surface area (Å²) in [6.45, 7) is 17.6. The lowest BCUT2D eigenvalue weighted by atomic mass is 10.1. The molecular weight excluding hydrogens is 749 g/mol. The van der Waals surface area contributed by atoms with E-state index < -0.39 is 12.2 Å². The fourth-order valence-electron chi connectivity index (χ4n) is 5.51. The quantitative estimate of drug-likeness (QED) is 0.0568. The Morgan fingerprint density at radius 2 is 0.831 bits per heavy atom. The molecule has 10 nitrogen and oxygen atoms in total. The van der Waals surface area contributed by atoms with Crippen LogP contribution in [-0.2, 0) is 26.4 Å². The van der Waals surface area contributed by atoms with E-state index in [4.69, 9.17) is 18.9 Å². The molecule has 5 rings (SSSR count). The number of hydrogen-bond donors (Lipinski definition) is 6. The van der Waals surface area contributed by atoms with Gasteiger partial charge < -0.3 is 49.6 Å². The molecule has 0 bridgehead atoms. The second-order valence-electron chi connectivity index (χ2n) is 13.7. The summed E-state index contributed by atoms with van der Waals surface area (Å²) in [7, 11) is 0. The number of para-hydroxylation sites is 1. The summed E-state index contributed by atoms with van der Waals surface area (Å²) in [5, 5.41) is 60.4. The number of aliphatic hydroxyl groups excluding tert-OH is 6. The molecular formula is C49H70O10. The number of rotatable bonds is 16. The topological polar surface area (TPSA) is 158 Å². The zero-order valence-corrected chi connectivity index (χ0v) is 36.7. The number of benzene rings is 5. The molecule has 0 fully saturated rings. The SMILES string of the molecule is CC.CCC.CCC.Cc1cc(CO)c(OCC(O)COc2ccc3ccccc3c2)c(CO)c1.Cc1cc(CO)c(OCC(O)COc2ccccc2C)c(CO)c1. The Hall–Kier alpha value is -4.68. The first-order chi connectivity index (χ1) is 28.5. The van der Waals surface area contributed by atoms with E-state index in [9.17, 15) is 30.6 Å². The van der Waals surface area contributed by atoms with Crippen molar-refractivity contribution in [2.75, 3.05) is 26.4 Å². The second kappa shape index (κ2) is 30.4. The maximum Gasteiger partial charge on any atom is 0.130 e. The molecule has 0 radical (unpaired) electrons. The molecule has 0 aliphatic carbocycles. The Balaban J connectivity index is 0.000000504. The van der Waals surface area contributed by atoms with Crippen molar-refractivity contribution < 1.29 is 49.6 Å². The highest BCUT2D eigenvalue weighted by atomic mass is 16.5. The van der Waals surface area contributed by atoms with E-state index in [1.54, 1.807) is 24.3 Å². The number of aryl methyl sites for hydroxylation is 3. The summed E-state index contributed by atoms with van der Waals surface area (Å²) in [6, 6.07) is 28.5. The van der Waals surface area contributed by atoms with Gasteiger partial charge in [-0.25, -0.2) is 0 Å². The number of ether oxygens (including phenoxy) is 4. The molecule has 326 valence electrons. The lowest BCUT2D eigenvalue weighted by Crippen LogP contribution is -2.25. The summed E-state index contributed by atoms with van der Waals surface area (Å²) in [6.07, 6.45) is 0.819. The van der Waals surface area contributed by atoms with Gasteiger partial charge in [-0.15, -0.1) is 0 Å². The fourth-order valence-corrected chi connectivity index (χ4v) is 5.51. The Morgan fingerprint density at radius 1 is 0.458 bits per heavy atom. The highest BCUT2D eigenvalue weighted by molar-refractivity contribution is 5.83. The van der Waals surface area contributed by atoms with Gasteiger partial charge in [-0.05, 0) is 55.3 Å². The van der Waals surface area contributed by atoms with Crippen molar-refractivity contribution in [2.45, 2.75) is 114 Å². The van der Waals surface area contributed by atoms with Crippen molar-refractivity contribution in [3.05, 3.63) is 130 Å². The third kappa shape index (κ3) is 18.8. The molecule has 6 N–H and O–H groups in total. The summed E-state index contributed by atoms with van der Waals surface area (Å²) in [4.78, 5) is 0. The van der Waals surface area contributed by atoms with E-state index >= 15 is 0 Å². The zero-order valence-electron chi connectivity index (χ0n) is 36.7. The number of fused-ring (bicyclic) bond motifs is 1. The monoisotopic (exact) mass is 818 g/mol. The maximum absolute atomic E-state index is 10.2. The lowest BCUT2D eigenvalue weighted by Gasteiger charge is -2.18. The third-order valence-electron chi connectivity index (χ3n) is 7.98. The Morgan fingerprint density at radius 3 is 1.25 bits per heavy atom. The highest BCUT2D eigenvalue weighted by Gasteiger charge is 2.15. The molecule has 0 spiro atoms. The van der Waals surface area contributed by atoms with Gasteiger partial charge in [0.05, 0.1) is 26.4 Å². The van der Waals surface area contributed by atoms with Crippen LogP contribution in [0.25, 0.3) is 10.8 Å². The average molecular weight is 819 g/mol. The van der Waals surface area contributed by atoms with Gasteiger partial charge in [0.15, 0.2) is 0 Å². The van der Waals surface area contributed by atoms with Crippen molar-refractivity contribution in [3.63, 3.8) is 0 Å². The standard InChI is InChI=1S/C22H24O5.C19H24O5.2C3H8.C2H6/c1-15-8-18(11-23)22(19(9-15)12-24)27-14-20(25)13-26-21-7-6-16-4-2-3-5-17(16)10-21;1-13-7-15(9-20)19(16(8-13)10-21)24-12-17(22)11-23-18-6-4-3-5-14(18)2;2*1-3-2;1-2/h2-10,20,23-25H,11-14H2,1H3;3-8,17,20-22H,9-12H2,1-2H3;2*3H2,1-2H3;1-2H3. The van der Waals surface area contributed by atoms with E-state index in [0.717, 1.165) is 33.2 Å². The van der Waals surface area contributed by atoms with Crippen LogP contribution >= 0.6 is 0 Å². The van der Waals surface area contributed by atoms with Crippen molar-refractivity contribution in [2.24, 2.45) is 0 Å². The van der Waals surface area contributed by atoms with Gasteiger partial charge >= 0.3 is 0 Å². The summed E-state index contributed by atoms with van der Waals surface area (Å²) >= 11 is 0. The van der Waals surface area contributed by atoms with Gasteiger partial charge in [0, 0.05) is 22.3 Å². The molecule has 0 aliphatic rings. The van der Waals surface area contributed by atoms with Crippen LogP contribution in [0.2, 0.25) is 0 Å². The highest BCUT2D eigenvalue weighted by Crippen LogP contribution is 2.28. The van der Waals surface area contributed by atoms with E-state index in [0.29, 0.717) is 39.5 Å². The van der Waals surface area contributed by atoms with Crippen molar-refractivity contribution in [1.29, 1.82) is 0 Å². The molecule has 10 heteroatoms. The fraction of sp³-hybridized carbons (Fsp3) is 0.429. The van der Waals surface area contributed by atoms with Crippen LogP contribution in [0.15, 0.2) is 91.0 Å². The van der Waals surface area contributed by atoms with Gasteiger partial charge in [-0.3, -0.25) is 0 Å². The predicted octanol–water partition coefficient (Wildman–Crippen LogP) is 8.92. The first-order valence-corrected chi connectivity index (χ1v) is 20.6. The van der Waals surface area contributed by atoms with E-state index in [2.05, 4.69) is 27.7 Å². The first-order valence-electron chi connectivity index (χ1n) is 20.6. The molecule has 2 atom stereocenters. The van der Waals surface area contributed by atoms with Crippen molar-refractivity contribution >= 4 is 10.8 Å². The molecule has 0 saturated carbocycles. The molecule has 0 saturated heterocycles. The van der Waals surface area contributed by atoms with Crippen molar-refractivity contribution in [3.8, 4) is 23.0 Å². The van der Waals surface area contributed by atoms with Crippen LogP contribution in [0.5, 0.6) is 23.0 Å². The van der Waals surface area contributed by atoms with Crippen LogP contribution in [0.3, 0.4) is 0 Å². The minimum atomic E-state index is -0.851. The summed E-state index contributed by atoms with van der Waals surface area (Å²) in [5.41, 5.74) is 5.20. The van der Waals surface area contributed by atoms with Crippen LogP contribution in [0.4, 0.5) is 0 Å². The Bertz CT molecular complexity index is 1820. The average Bonchev–Trinajstić information content (AvgIpc) is 3.25. The summed E-state index contributed by atoms with van der Waals surface area (Å²) < 4.78 is 22.6. The van der Waals surface area contributed by atoms with Crippen LogP contribution in [0, 0.1) is 20.8 Å². The predicted molar refractivity (Wildman–Crippen MR) is 238 cm³/mol. The van der Waals surface area contributed by atoms with Crippen LogP contribution in [0.1, 0.15) is 93.3 Å². The normalized spacial score (nSPS) is 11.2. The van der Waals surface area contributed by atoms with E-state index in [1.807, 2.05) is 101 Å². The molecule has 0 amide bonds. The second-order valence-corrected chi connectivity index (χ2v) is 13.7. The molecule has 59 heavy (non-hydrogen) atoms. The third-order valence-corrected chi connectivity index (χ3v) is 7.98. The largest absolute Gasteiger partial charge is 0.491 e. The molecule has 0 aromatic heterocycles. The number of hydrogen-bond acceptors (Lipinski definition) is 10. The van der Waals surface area contributed by atoms with Gasteiger partial charge in [0.25, 0.3) is 0 Å². The lowest BCUT2D eigenvalue weighted by molar-refractivity contribution is 0.0607. The first kappa shape index (κ1) is 52.3. The Labute approximate surface area is 352 Å². The van der Waals surface area contributed by atoms with Crippen molar-refractivity contribution in [1.82, 2.24) is 0 Å². The molecule has 0 aliphatic heterocycles. The molecule has 5 aromatic rings. The Kier molecular flexibility index (Phi) is 26.9. The number of aliphatic hydroxyl groups is 6. The summed E-state index contributed by atoms with van der Waals surface area (Å²) in [5.74, 6) is 2.23. The molecule has 2 unspecified atom stereocenters. The molecule has 5 aromatic carbocycles. The smallest absolute Gasteiger partial charge is 0.130 e. The van der Waals surface area contributed by atoms with Crippen LogP contribution in [-0.4, -0.2) is 69.3 Å². The maximum atomic E-state index is 10.2. The van der Waals surface area contributed by atoms with Gasteiger partial charge in [-0.1, -0.05) is 138 Å².